The van der Waals surface area contributed by atoms with Gasteiger partial charge in [-0.05, 0) is 24.5 Å². The van der Waals surface area contributed by atoms with Crippen molar-refractivity contribution in [3.8, 4) is 0 Å². The van der Waals surface area contributed by atoms with Gasteiger partial charge in [-0.1, -0.05) is 38.5 Å². The van der Waals surface area contributed by atoms with Gasteiger partial charge in [0, 0.05) is 12.1 Å². The van der Waals surface area contributed by atoms with Crippen LogP contribution in [-0.2, 0) is 0 Å². The number of rotatable bonds is 5. The summed E-state index contributed by atoms with van der Waals surface area (Å²) in [7, 11) is 0. The van der Waals surface area contributed by atoms with Crippen LogP contribution in [-0.4, -0.2) is 12.5 Å². The number of amides is 1. The maximum atomic E-state index is 11.6. The van der Waals surface area contributed by atoms with E-state index >= 15 is 0 Å². The van der Waals surface area contributed by atoms with E-state index in [1.54, 1.807) is 0 Å². The predicted molar refractivity (Wildman–Crippen MR) is 62.8 cm³/mol. The number of carbonyl (C=O) groups excluding carboxylic acids is 1. The summed E-state index contributed by atoms with van der Waals surface area (Å²) in [5, 5.41) is 2.94. The Balaban J connectivity index is 2.37. The van der Waals surface area contributed by atoms with Crippen molar-refractivity contribution >= 4 is 5.91 Å². The second-order valence-electron chi connectivity index (χ2n) is 3.97. The lowest BCUT2D eigenvalue weighted by Gasteiger charge is -2.11. The molecule has 82 valence electrons. The number of carbonyl (C=O) groups is 1. The molecule has 1 aromatic carbocycles. The second-order valence-corrected chi connectivity index (χ2v) is 3.97. The molecule has 0 aliphatic rings. The van der Waals surface area contributed by atoms with E-state index in [0.29, 0.717) is 5.92 Å². The fourth-order valence-corrected chi connectivity index (χ4v) is 1.55. The van der Waals surface area contributed by atoms with Crippen molar-refractivity contribution in [3.63, 3.8) is 0 Å². The maximum Gasteiger partial charge on any atom is 0.251 e. The molecule has 2 heteroatoms. The van der Waals surface area contributed by atoms with Gasteiger partial charge in [-0.2, -0.15) is 0 Å². The molecule has 0 aliphatic carbocycles. The lowest BCUT2D eigenvalue weighted by atomic mass is 10.1. The lowest BCUT2D eigenvalue weighted by molar-refractivity contribution is 0.0947. The van der Waals surface area contributed by atoms with E-state index in [4.69, 9.17) is 0 Å². The Hall–Kier alpha value is -1.31. The minimum atomic E-state index is 0.0264. The predicted octanol–water partition coefficient (Wildman–Crippen LogP) is 2.85. The Labute approximate surface area is 91.7 Å². The van der Waals surface area contributed by atoms with Crippen LogP contribution in [0.15, 0.2) is 30.3 Å². The zero-order valence-corrected chi connectivity index (χ0v) is 9.49. The van der Waals surface area contributed by atoms with Crippen LogP contribution in [0, 0.1) is 5.92 Å². The molecule has 15 heavy (non-hydrogen) atoms. The van der Waals surface area contributed by atoms with Crippen LogP contribution in [0.25, 0.3) is 0 Å². The molecule has 1 rings (SSSR count). The van der Waals surface area contributed by atoms with E-state index in [1.165, 1.54) is 6.42 Å². The molecule has 0 heterocycles. The molecule has 1 amide bonds. The largest absolute Gasteiger partial charge is 0.352 e. The molecule has 0 radical (unpaired) electrons. The summed E-state index contributed by atoms with van der Waals surface area (Å²) in [4.78, 5) is 11.6. The molecular weight excluding hydrogens is 186 g/mol. The fourth-order valence-electron chi connectivity index (χ4n) is 1.55. The van der Waals surface area contributed by atoms with Crippen molar-refractivity contribution in [1.29, 1.82) is 0 Å². The Bertz CT molecular complexity index is 295. The highest BCUT2D eigenvalue weighted by atomic mass is 16.1. The summed E-state index contributed by atoms with van der Waals surface area (Å²) in [6.45, 7) is 5.09. The average molecular weight is 205 g/mol. The Morgan fingerprint density at radius 2 is 2.00 bits per heavy atom. The van der Waals surface area contributed by atoms with E-state index in [9.17, 15) is 4.79 Å². The van der Waals surface area contributed by atoms with Gasteiger partial charge in [-0.3, -0.25) is 4.79 Å². The third-order valence-electron chi connectivity index (χ3n) is 2.43. The molecule has 0 aliphatic heterocycles. The van der Waals surface area contributed by atoms with E-state index in [-0.39, 0.29) is 5.91 Å². The normalized spacial score (nSPS) is 12.1. The van der Waals surface area contributed by atoms with Gasteiger partial charge in [0.25, 0.3) is 5.91 Å². The van der Waals surface area contributed by atoms with E-state index in [2.05, 4.69) is 19.2 Å². The first kappa shape index (κ1) is 11.8. The van der Waals surface area contributed by atoms with Crippen molar-refractivity contribution < 1.29 is 4.79 Å². The van der Waals surface area contributed by atoms with Crippen molar-refractivity contribution in [2.75, 3.05) is 6.54 Å². The molecule has 1 atom stereocenters. The number of hydrogen-bond donors (Lipinski definition) is 1. The van der Waals surface area contributed by atoms with E-state index < -0.39 is 0 Å². The van der Waals surface area contributed by atoms with Crippen LogP contribution in [0.1, 0.15) is 37.0 Å². The molecular formula is C13H19NO. The first-order valence-corrected chi connectivity index (χ1v) is 5.57. The van der Waals surface area contributed by atoms with Gasteiger partial charge < -0.3 is 5.32 Å². The van der Waals surface area contributed by atoms with E-state index in [0.717, 1.165) is 18.5 Å². The molecule has 0 fully saturated rings. The number of hydrogen-bond acceptors (Lipinski definition) is 1. The highest BCUT2D eigenvalue weighted by Gasteiger charge is 2.06. The average Bonchev–Trinajstić information content (AvgIpc) is 2.27. The van der Waals surface area contributed by atoms with Crippen LogP contribution >= 0.6 is 0 Å². The molecule has 1 aromatic rings. The quantitative estimate of drug-likeness (QED) is 0.786. The summed E-state index contributed by atoms with van der Waals surface area (Å²) < 4.78 is 0. The third-order valence-corrected chi connectivity index (χ3v) is 2.43. The molecule has 0 aromatic heterocycles. The molecule has 1 N–H and O–H groups in total. The minimum Gasteiger partial charge on any atom is -0.352 e. The summed E-state index contributed by atoms with van der Waals surface area (Å²) in [5.41, 5.74) is 0.737. The second kappa shape index (κ2) is 6.23. The Morgan fingerprint density at radius 3 is 2.60 bits per heavy atom. The van der Waals surface area contributed by atoms with Crippen molar-refractivity contribution in [2.45, 2.75) is 26.7 Å². The molecule has 0 saturated carbocycles. The zero-order valence-electron chi connectivity index (χ0n) is 9.49. The Kier molecular flexibility index (Phi) is 4.88. The molecule has 0 saturated heterocycles. The van der Waals surface area contributed by atoms with E-state index in [1.807, 2.05) is 30.3 Å². The van der Waals surface area contributed by atoms with Gasteiger partial charge in [0.15, 0.2) is 0 Å². The van der Waals surface area contributed by atoms with Crippen LogP contribution in [0.3, 0.4) is 0 Å². The van der Waals surface area contributed by atoms with Gasteiger partial charge in [-0.15, -0.1) is 0 Å². The van der Waals surface area contributed by atoms with Crippen LogP contribution in [0.2, 0.25) is 0 Å². The first-order valence-electron chi connectivity index (χ1n) is 5.57. The topological polar surface area (TPSA) is 29.1 Å². The molecule has 0 spiro atoms. The van der Waals surface area contributed by atoms with Gasteiger partial charge in [0.05, 0.1) is 0 Å². The monoisotopic (exact) mass is 205 g/mol. The summed E-state index contributed by atoms with van der Waals surface area (Å²) in [6.07, 6.45) is 2.33. The van der Waals surface area contributed by atoms with Crippen molar-refractivity contribution in [2.24, 2.45) is 5.92 Å². The minimum absolute atomic E-state index is 0.0264. The standard InChI is InChI=1S/C13H19NO/c1-3-7-11(2)10-14-13(15)12-8-5-4-6-9-12/h4-6,8-9,11H,3,7,10H2,1-2H3,(H,14,15). The summed E-state index contributed by atoms with van der Waals surface area (Å²) in [6, 6.07) is 9.34. The SMILES string of the molecule is CCCC(C)CNC(=O)c1ccccc1. The summed E-state index contributed by atoms with van der Waals surface area (Å²) in [5.74, 6) is 0.584. The smallest absolute Gasteiger partial charge is 0.251 e. The van der Waals surface area contributed by atoms with Gasteiger partial charge in [-0.25, -0.2) is 0 Å². The van der Waals surface area contributed by atoms with Gasteiger partial charge in [0.1, 0.15) is 0 Å². The Morgan fingerprint density at radius 1 is 1.33 bits per heavy atom. The van der Waals surface area contributed by atoms with Gasteiger partial charge >= 0.3 is 0 Å². The molecule has 1 unspecified atom stereocenters. The summed E-state index contributed by atoms with van der Waals surface area (Å²) >= 11 is 0. The maximum absolute atomic E-state index is 11.6. The lowest BCUT2D eigenvalue weighted by Crippen LogP contribution is -2.28. The van der Waals surface area contributed by atoms with Crippen LogP contribution in [0.4, 0.5) is 0 Å². The molecule has 0 bridgehead atoms. The number of nitrogens with one attached hydrogen (secondary N) is 1. The van der Waals surface area contributed by atoms with Gasteiger partial charge in [0.2, 0.25) is 0 Å². The first-order chi connectivity index (χ1) is 7.24. The number of benzene rings is 1. The highest BCUT2D eigenvalue weighted by molar-refractivity contribution is 5.94. The molecule has 2 nitrogen and oxygen atoms in total. The van der Waals surface area contributed by atoms with Crippen LogP contribution in [0.5, 0.6) is 0 Å². The van der Waals surface area contributed by atoms with Crippen LogP contribution < -0.4 is 5.32 Å². The van der Waals surface area contributed by atoms with Crippen molar-refractivity contribution in [3.05, 3.63) is 35.9 Å². The fraction of sp³-hybridized carbons (Fsp3) is 0.462. The highest BCUT2D eigenvalue weighted by Crippen LogP contribution is 2.04. The zero-order chi connectivity index (χ0) is 11.1. The van der Waals surface area contributed by atoms with Crippen molar-refractivity contribution in [1.82, 2.24) is 5.32 Å². The third kappa shape index (κ3) is 4.15.